The Hall–Kier alpha value is -4.72. The van der Waals surface area contributed by atoms with Gasteiger partial charge in [-0.3, -0.25) is 14.9 Å². The lowest BCUT2D eigenvalue weighted by atomic mass is 10.1. The van der Waals surface area contributed by atoms with Crippen LogP contribution in [0, 0.1) is 13.8 Å². The van der Waals surface area contributed by atoms with Gasteiger partial charge in [0.25, 0.3) is 5.91 Å². The molecule has 3 aromatic rings. The number of rotatable bonds is 9. The summed E-state index contributed by atoms with van der Waals surface area (Å²) in [5, 5.41) is 7.07. The Morgan fingerprint density at radius 2 is 1.60 bits per heavy atom. The van der Waals surface area contributed by atoms with Crippen LogP contribution in [0.2, 0.25) is 0 Å². The molecule has 2 N–H and O–H groups in total. The molecule has 3 heterocycles. The third-order valence-electron chi connectivity index (χ3n) is 6.15. The van der Waals surface area contributed by atoms with Crippen LogP contribution in [0.15, 0.2) is 24.3 Å². The molecule has 2 aromatic heterocycles. The van der Waals surface area contributed by atoms with E-state index < -0.39 is 11.9 Å². The molecule has 4 rings (SSSR count). The Bertz CT molecular complexity index is 1400. The number of fused-ring (bicyclic) bond motifs is 1. The first kappa shape index (κ1) is 38.3. The summed E-state index contributed by atoms with van der Waals surface area (Å²) in [7, 11) is 0. The van der Waals surface area contributed by atoms with Crippen molar-refractivity contribution in [3.63, 3.8) is 0 Å². The lowest BCUT2D eigenvalue weighted by Gasteiger charge is -2.19. The first-order valence-corrected chi connectivity index (χ1v) is 15.1. The summed E-state index contributed by atoms with van der Waals surface area (Å²) < 4.78 is 10.0. The van der Waals surface area contributed by atoms with Crippen molar-refractivity contribution >= 4 is 59.7 Å². The number of anilines is 3. The lowest BCUT2D eigenvalue weighted by Crippen LogP contribution is -2.36. The van der Waals surface area contributed by atoms with Crippen molar-refractivity contribution in [1.29, 1.82) is 0 Å². The molecule has 1 aromatic carbocycles. The Kier molecular flexibility index (Phi) is 17.3. The van der Waals surface area contributed by atoms with Gasteiger partial charge in [-0.2, -0.15) is 4.98 Å². The number of thiazole rings is 1. The number of amides is 1. The summed E-state index contributed by atoms with van der Waals surface area (Å²) in [6, 6.07) is 8.24. The van der Waals surface area contributed by atoms with Crippen molar-refractivity contribution in [2.45, 2.75) is 60.9 Å². The van der Waals surface area contributed by atoms with Crippen molar-refractivity contribution in [2.75, 3.05) is 36.9 Å². The van der Waals surface area contributed by atoms with E-state index in [2.05, 4.69) is 39.9 Å². The van der Waals surface area contributed by atoms with E-state index in [1.54, 1.807) is 18.7 Å². The number of carbonyl (C=O) groups excluding carboxylic acids is 5. The number of ether oxygens (including phenoxy) is 2. The molecule has 0 spiro atoms. The molecule has 0 bridgehead atoms. The van der Waals surface area contributed by atoms with Crippen molar-refractivity contribution < 1.29 is 33.4 Å². The molecule has 0 unspecified atom stereocenters. The van der Waals surface area contributed by atoms with Crippen molar-refractivity contribution in [3.8, 4) is 0 Å². The second kappa shape index (κ2) is 20.3. The zero-order chi connectivity index (χ0) is 33.9. The number of benzene rings is 1. The smallest absolute Gasteiger partial charge is 0.350 e. The normalized spacial score (nSPS) is 11.4. The number of hydrogen-bond donors (Lipinski definition) is 2. The zero-order valence-electron chi connectivity index (χ0n) is 26.7. The summed E-state index contributed by atoms with van der Waals surface area (Å²) in [5.41, 5.74) is 4.58. The first-order chi connectivity index (χ1) is 21.7. The molecule has 0 atom stereocenters. The Labute approximate surface area is 267 Å². The highest BCUT2D eigenvalue weighted by Crippen LogP contribution is 2.28. The number of hydrogen-bond acceptors (Lipinski definition) is 13. The highest BCUT2D eigenvalue weighted by molar-refractivity contribution is 7.17. The van der Waals surface area contributed by atoms with Crippen LogP contribution in [-0.2, 0) is 48.0 Å². The fraction of sp³-hybridized carbons (Fsp3) is 0.419. The van der Waals surface area contributed by atoms with Crippen LogP contribution in [0.1, 0.15) is 65.4 Å². The van der Waals surface area contributed by atoms with Crippen LogP contribution in [0.25, 0.3) is 0 Å². The van der Waals surface area contributed by atoms with Crippen molar-refractivity contribution in [3.05, 3.63) is 57.2 Å². The number of esters is 2. The van der Waals surface area contributed by atoms with Crippen molar-refractivity contribution in [2.24, 2.45) is 0 Å². The summed E-state index contributed by atoms with van der Waals surface area (Å²) in [6.45, 7) is 16.3. The van der Waals surface area contributed by atoms with Gasteiger partial charge in [0, 0.05) is 38.5 Å². The predicted molar refractivity (Wildman–Crippen MR) is 173 cm³/mol. The van der Waals surface area contributed by atoms with Gasteiger partial charge in [0.05, 0.1) is 18.0 Å². The molecule has 0 fully saturated rings. The molecule has 13 nitrogen and oxygen atoms in total. The minimum atomic E-state index is -0.492. The molecule has 0 saturated heterocycles. The van der Waals surface area contributed by atoms with E-state index in [0.29, 0.717) is 59.9 Å². The Balaban J connectivity index is 0.00000159. The van der Waals surface area contributed by atoms with E-state index in [0.717, 1.165) is 16.8 Å². The summed E-state index contributed by atoms with van der Waals surface area (Å²) in [4.78, 5) is 68.1. The molecule has 1 aliphatic rings. The second-order valence-electron chi connectivity index (χ2n) is 9.10. The number of aryl methyl sites for hydroxylation is 2. The van der Waals surface area contributed by atoms with Crippen molar-refractivity contribution in [1.82, 2.24) is 19.9 Å². The molecule has 1 aliphatic heterocycles. The monoisotopic (exact) mass is 642 g/mol. The molecule has 14 heteroatoms. The topological polar surface area (TPSA) is 170 Å². The number of carbonyl (C=O) groups is 5. The fourth-order valence-corrected chi connectivity index (χ4v) is 4.98. The average Bonchev–Trinajstić information content (AvgIpc) is 3.28. The van der Waals surface area contributed by atoms with Gasteiger partial charge >= 0.3 is 11.9 Å². The Morgan fingerprint density at radius 1 is 0.956 bits per heavy atom. The van der Waals surface area contributed by atoms with E-state index in [-0.39, 0.29) is 19.1 Å². The van der Waals surface area contributed by atoms with E-state index in [9.17, 15) is 14.4 Å². The third kappa shape index (κ3) is 11.7. The molecule has 0 saturated carbocycles. The Morgan fingerprint density at radius 3 is 2.22 bits per heavy atom. The molecule has 0 radical (unpaired) electrons. The van der Waals surface area contributed by atoms with Crippen LogP contribution in [0.5, 0.6) is 0 Å². The van der Waals surface area contributed by atoms with E-state index in [1.165, 1.54) is 23.8 Å². The molecular formula is C31H42N6O7S. The number of aromatic nitrogens is 3. The lowest BCUT2D eigenvalue weighted by molar-refractivity contribution is -0.150. The largest absolute Gasteiger partial charge is 0.462 e. The third-order valence-corrected chi connectivity index (χ3v) is 7.20. The highest BCUT2D eigenvalue weighted by atomic mass is 32.1. The average molecular weight is 643 g/mol. The van der Waals surface area contributed by atoms with Gasteiger partial charge in [-0.05, 0) is 32.8 Å². The zero-order valence-corrected chi connectivity index (χ0v) is 27.5. The highest BCUT2D eigenvalue weighted by Gasteiger charge is 2.24. The fourth-order valence-electron chi connectivity index (χ4n) is 4.13. The SMILES string of the molecule is C=O.C=O.CC.CCOC(=O)c1sc(Nc2nc3c(c(NCc4ccc(C)cc4)n2)CCN(C(=O)COC(C)=O)CC3)nc1C. The maximum atomic E-state index is 12.6. The molecule has 0 aliphatic carbocycles. The molecule has 244 valence electrons. The number of nitrogens with zero attached hydrogens (tertiary/aromatic N) is 4. The van der Waals surface area contributed by atoms with Crippen LogP contribution in [0.4, 0.5) is 16.9 Å². The molecular weight excluding hydrogens is 600 g/mol. The maximum absolute atomic E-state index is 12.6. The van der Waals surface area contributed by atoms with Gasteiger partial charge in [0.1, 0.15) is 24.3 Å². The maximum Gasteiger partial charge on any atom is 0.350 e. The number of nitrogens with one attached hydrogen (secondary N) is 2. The van der Waals surface area contributed by atoms with Gasteiger partial charge in [-0.1, -0.05) is 55.0 Å². The minimum absolute atomic E-state index is 0.247. The van der Waals surface area contributed by atoms with Crippen LogP contribution >= 0.6 is 11.3 Å². The van der Waals surface area contributed by atoms with E-state index in [1.807, 2.05) is 34.3 Å². The van der Waals surface area contributed by atoms with Crippen LogP contribution < -0.4 is 10.6 Å². The molecule has 1 amide bonds. The summed E-state index contributed by atoms with van der Waals surface area (Å²) in [5.74, 6) is -0.153. The van der Waals surface area contributed by atoms with Gasteiger partial charge in [-0.15, -0.1) is 0 Å². The van der Waals surface area contributed by atoms with Crippen LogP contribution in [-0.4, -0.2) is 77.6 Å². The van der Waals surface area contributed by atoms with Gasteiger partial charge in [0.2, 0.25) is 5.95 Å². The summed E-state index contributed by atoms with van der Waals surface area (Å²) >= 11 is 1.18. The molecule has 45 heavy (non-hydrogen) atoms. The summed E-state index contributed by atoms with van der Waals surface area (Å²) in [6.07, 6.45) is 1.05. The van der Waals surface area contributed by atoms with E-state index >= 15 is 0 Å². The standard InChI is InChI=1S/C27H32N6O5S.C2H6.2CH2O/c1-5-37-25(36)23-17(3)29-27(39-23)32-26-30-21-11-13-33(22(35)15-38-18(4)34)12-10-20(21)24(31-26)28-14-19-8-6-16(2)7-9-19;3*1-2/h6-9H,5,10-15H2,1-4H3,(H2,28,29,30,31,32);1-2H3;2*1H2. The van der Waals surface area contributed by atoms with E-state index in [4.69, 9.17) is 29.0 Å². The van der Waals surface area contributed by atoms with Crippen LogP contribution in [0.3, 0.4) is 0 Å². The minimum Gasteiger partial charge on any atom is -0.462 e. The first-order valence-electron chi connectivity index (χ1n) is 14.3. The van der Waals surface area contributed by atoms with Gasteiger partial charge in [0.15, 0.2) is 11.7 Å². The van der Waals surface area contributed by atoms with Gasteiger partial charge < -0.3 is 29.3 Å². The predicted octanol–water partition coefficient (Wildman–Crippen LogP) is 4.23. The van der Waals surface area contributed by atoms with Gasteiger partial charge in [-0.25, -0.2) is 14.8 Å². The quantitative estimate of drug-likeness (QED) is 0.319. The second-order valence-corrected chi connectivity index (χ2v) is 10.1.